The molecule has 8 heteroatoms. The first-order valence-electron chi connectivity index (χ1n) is 8.81. The number of thiocarbonyl (C=S) groups is 1. The van der Waals surface area contributed by atoms with Crippen molar-refractivity contribution >= 4 is 34.9 Å². The number of rotatable bonds is 8. The highest BCUT2D eigenvalue weighted by molar-refractivity contribution is 7.80. The van der Waals surface area contributed by atoms with Crippen molar-refractivity contribution in [3.05, 3.63) is 35.4 Å². The predicted molar refractivity (Wildman–Crippen MR) is 101 cm³/mol. The smallest absolute Gasteiger partial charge is 0.223 e. The van der Waals surface area contributed by atoms with Crippen LogP contribution in [0.5, 0.6) is 0 Å². The highest BCUT2D eigenvalue weighted by Crippen LogP contribution is 2.18. The number of carboxylic acids is 1. The standard InChI is InChI=1S/C19H24N2O5S/c1-12(18(25)13-2-4-14(5-3-13)19(20)27)10-16(22)21-8-6-15(7-9-21)26-11-17(23)24/h2-5,12,15H,6-11H2,1H3,(H2,20,27)(H,23,24)/p-1. The van der Waals surface area contributed by atoms with E-state index in [1.54, 1.807) is 36.1 Å². The normalized spacial score (nSPS) is 16.0. The van der Waals surface area contributed by atoms with Gasteiger partial charge in [-0.15, -0.1) is 0 Å². The van der Waals surface area contributed by atoms with Crippen LogP contribution in [-0.2, 0) is 14.3 Å². The molecule has 1 unspecified atom stereocenters. The quantitative estimate of drug-likeness (QED) is 0.500. The number of carbonyl (C=O) groups is 3. The average molecular weight is 391 g/mol. The topological polar surface area (TPSA) is 113 Å². The maximum Gasteiger partial charge on any atom is 0.223 e. The number of carbonyl (C=O) groups excluding carboxylic acids is 3. The molecule has 1 aromatic rings. The fraction of sp³-hybridized carbons (Fsp3) is 0.474. The average Bonchev–Trinajstić information content (AvgIpc) is 2.66. The molecule has 2 N–H and O–H groups in total. The number of aliphatic carboxylic acids is 1. The fourth-order valence-electron chi connectivity index (χ4n) is 3.02. The number of nitrogens with zero attached hydrogens (tertiary/aromatic N) is 1. The maximum atomic E-state index is 12.5. The Morgan fingerprint density at radius 2 is 1.78 bits per heavy atom. The summed E-state index contributed by atoms with van der Waals surface area (Å²) in [6, 6.07) is 6.72. The number of ether oxygens (including phenoxy) is 1. The van der Waals surface area contributed by atoms with Crippen molar-refractivity contribution < 1.29 is 24.2 Å². The number of Topliss-reactive ketones (excluding diaryl/α,β-unsaturated/α-hetero) is 1. The summed E-state index contributed by atoms with van der Waals surface area (Å²) in [5.41, 5.74) is 6.75. The van der Waals surface area contributed by atoms with Gasteiger partial charge in [-0.3, -0.25) is 9.59 Å². The largest absolute Gasteiger partial charge is 0.548 e. The molecule has 146 valence electrons. The SMILES string of the molecule is CC(CC(=O)N1CCC(OCC(=O)[O-])CC1)C(=O)c1ccc(C(N)=S)cc1. The highest BCUT2D eigenvalue weighted by atomic mass is 32.1. The first-order valence-corrected chi connectivity index (χ1v) is 9.22. The minimum atomic E-state index is -1.25. The van der Waals surface area contributed by atoms with Crippen LogP contribution in [0.25, 0.3) is 0 Å². The zero-order valence-corrected chi connectivity index (χ0v) is 16.0. The van der Waals surface area contributed by atoms with E-state index in [1.807, 2.05) is 0 Å². The van der Waals surface area contributed by atoms with Gasteiger partial charge in [0.05, 0.1) is 18.7 Å². The Labute approximate surface area is 163 Å². The van der Waals surface area contributed by atoms with Gasteiger partial charge in [0.2, 0.25) is 5.91 Å². The van der Waals surface area contributed by atoms with Gasteiger partial charge < -0.3 is 25.3 Å². The number of benzene rings is 1. The van der Waals surface area contributed by atoms with Crippen LogP contribution in [0.2, 0.25) is 0 Å². The third-order valence-corrected chi connectivity index (χ3v) is 4.85. The van der Waals surface area contributed by atoms with Crippen molar-refractivity contribution in [3.63, 3.8) is 0 Å². The van der Waals surface area contributed by atoms with Gasteiger partial charge in [0, 0.05) is 36.6 Å². The fourth-order valence-corrected chi connectivity index (χ4v) is 3.16. The van der Waals surface area contributed by atoms with E-state index in [2.05, 4.69) is 0 Å². The molecule has 1 fully saturated rings. The number of amides is 1. The third kappa shape index (κ3) is 6.11. The molecule has 1 saturated heterocycles. The molecule has 1 aliphatic rings. The lowest BCUT2D eigenvalue weighted by atomic mass is 9.94. The summed E-state index contributed by atoms with van der Waals surface area (Å²) >= 11 is 4.89. The first kappa shape index (κ1) is 21.0. The molecule has 2 rings (SSSR count). The van der Waals surface area contributed by atoms with E-state index in [-0.39, 0.29) is 29.2 Å². The summed E-state index contributed by atoms with van der Waals surface area (Å²) in [6.45, 7) is 2.27. The van der Waals surface area contributed by atoms with Gasteiger partial charge in [0.25, 0.3) is 0 Å². The lowest BCUT2D eigenvalue weighted by Crippen LogP contribution is -2.42. The molecular weight excluding hydrogens is 368 g/mol. The Kier molecular flexibility index (Phi) is 7.44. The van der Waals surface area contributed by atoms with Crippen LogP contribution in [0.1, 0.15) is 42.1 Å². The monoisotopic (exact) mass is 391 g/mol. The van der Waals surface area contributed by atoms with E-state index >= 15 is 0 Å². The minimum Gasteiger partial charge on any atom is -0.548 e. The van der Waals surface area contributed by atoms with Crippen LogP contribution in [0.4, 0.5) is 0 Å². The van der Waals surface area contributed by atoms with Crippen LogP contribution < -0.4 is 10.8 Å². The second-order valence-corrected chi connectivity index (χ2v) is 7.11. The predicted octanol–water partition coefficient (Wildman–Crippen LogP) is 0.287. The lowest BCUT2D eigenvalue weighted by molar-refractivity contribution is -0.310. The molecule has 1 atom stereocenters. The Bertz CT molecular complexity index is 711. The van der Waals surface area contributed by atoms with E-state index in [4.69, 9.17) is 22.7 Å². The van der Waals surface area contributed by atoms with Gasteiger partial charge in [-0.1, -0.05) is 43.4 Å². The Hall–Kier alpha value is -2.32. The molecule has 7 nitrogen and oxygen atoms in total. The van der Waals surface area contributed by atoms with E-state index in [0.717, 1.165) is 0 Å². The zero-order chi connectivity index (χ0) is 20.0. The van der Waals surface area contributed by atoms with Crippen LogP contribution in [0, 0.1) is 5.92 Å². The summed E-state index contributed by atoms with van der Waals surface area (Å²) < 4.78 is 5.20. The van der Waals surface area contributed by atoms with Crippen molar-refractivity contribution in [2.45, 2.75) is 32.3 Å². The van der Waals surface area contributed by atoms with Gasteiger partial charge in [-0.25, -0.2) is 0 Å². The Balaban J connectivity index is 1.83. The molecule has 1 amide bonds. The number of hydrogen-bond donors (Lipinski definition) is 1. The summed E-state index contributed by atoms with van der Waals surface area (Å²) in [5, 5.41) is 10.4. The molecule has 1 aliphatic heterocycles. The number of ketones is 1. The van der Waals surface area contributed by atoms with Crippen LogP contribution in [-0.4, -0.2) is 53.3 Å². The highest BCUT2D eigenvalue weighted by Gasteiger charge is 2.26. The number of piperidine rings is 1. The van der Waals surface area contributed by atoms with E-state index < -0.39 is 18.5 Å². The summed E-state index contributed by atoms with van der Waals surface area (Å²) in [5.74, 6) is -1.89. The van der Waals surface area contributed by atoms with Gasteiger partial charge in [0.1, 0.15) is 4.99 Å². The van der Waals surface area contributed by atoms with Gasteiger partial charge in [-0.05, 0) is 12.8 Å². The molecule has 0 spiro atoms. The van der Waals surface area contributed by atoms with Crippen molar-refractivity contribution in [2.24, 2.45) is 11.7 Å². The zero-order valence-electron chi connectivity index (χ0n) is 15.2. The Morgan fingerprint density at radius 3 is 2.30 bits per heavy atom. The molecule has 0 radical (unpaired) electrons. The van der Waals surface area contributed by atoms with Crippen LogP contribution in [0.15, 0.2) is 24.3 Å². The molecule has 0 saturated carbocycles. The lowest BCUT2D eigenvalue weighted by Gasteiger charge is -2.32. The van der Waals surface area contributed by atoms with Crippen molar-refractivity contribution in [2.75, 3.05) is 19.7 Å². The molecule has 1 heterocycles. The molecule has 0 bridgehead atoms. The molecule has 0 aromatic heterocycles. The number of carboxylic acid groups (broad SMARTS) is 1. The maximum absolute atomic E-state index is 12.5. The van der Waals surface area contributed by atoms with Crippen LogP contribution >= 0.6 is 12.2 Å². The summed E-state index contributed by atoms with van der Waals surface area (Å²) in [4.78, 5) is 37.4. The summed E-state index contributed by atoms with van der Waals surface area (Å²) in [7, 11) is 0. The van der Waals surface area contributed by atoms with Crippen LogP contribution in [0.3, 0.4) is 0 Å². The summed E-state index contributed by atoms with van der Waals surface area (Å²) in [6.07, 6.45) is 1.09. The van der Waals surface area contributed by atoms with E-state index in [9.17, 15) is 19.5 Å². The number of likely N-dealkylation sites (tertiary alicyclic amines) is 1. The molecular formula is C19H23N2O5S-. The third-order valence-electron chi connectivity index (χ3n) is 4.61. The van der Waals surface area contributed by atoms with Gasteiger partial charge in [0.15, 0.2) is 5.78 Å². The van der Waals surface area contributed by atoms with Gasteiger partial charge in [-0.2, -0.15) is 0 Å². The molecule has 0 aliphatic carbocycles. The van der Waals surface area contributed by atoms with Crippen molar-refractivity contribution in [3.8, 4) is 0 Å². The van der Waals surface area contributed by atoms with E-state index in [0.29, 0.717) is 37.1 Å². The van der Waals surface area contributed by atoms with E-state index in [1.165, 1.54) is 0 Å². The first-order chi connectivity index (χ1) is 12.8. The second kappa shape index (κ2) is 9.57. The number of nitrogens with two attached hydrogens (primary N) is 1. The van der Waals surface area contributed by atoms with Crippen molar-refractivity contribution in [1.82, 2.24) is 4.90 Å². The minimum absolute atomic E-state index is 0.0889. The van der Waals surface area contributed by atoms with Crippen molar-refractivity contribution in [1.29, 1.82) is 0 Å². The number of hydrogen-bond acceptors (Lipinski definition) is 6. The molecule has 1 aromatic carbocycles. The van der Waals surface area contributed by atoms with Gasteiger partial charge >= 0.3 is 0 Å². The second-order valence-electron chi connectivity index (χ2n) is 6.67. The molecule has 27 heavy (non-hydrogen) atoms. The Morgan fingerprint density at radius 1 is 1.22 bits per heavy atom.